The van der Waals surface area contributed by atoms with Crippen LogP contribution in [0, 0.1) is 6.92 Å². The number of aryl methyl sites for hydroxylation is 1. The molecule has 0 aliphatic rings. The Morgan fingerprint density at radius 2 is 1.83 bits per heavy atom. The highest BCUT2D eigenvalue weighted by Crippen LogP contribution is 2.33. The smallest absolute Gasteiger partial charge is 0.350 e. The summed E-state index contributed by atoms with van der Waals surface area (Å²) in [5.41, 5.74) is -0.0456. The van der Waals surface area contributed by atoms with Gasteiger partial charge in [0.15, 0.2) is 5.78 Å². The van der Waals surface area contributed by atoms with Gasteiger partial charge in [0.05, 0.1) is 5.56 Å². The minimum absolute atomic E-state index is 0.286. The second kappa shape index (κ2) is 4.49. The molecule has 0 aliphatic carbocycles. The van der Waals surface area contributed by atoms with Crippen LogP contribution in [0.1, 0.15) is 23.0 Å². The summed E-state index contributed by atoms with van der Waals surface area (Å²) in [4.78, 5) is 22.9. The molecule has 0 saturated carbocycles. The Bertz CT molecular complexity index is 653. The molecule has 0 radical (unpaired) electrons. The van der Waals surface area contributed by atoms with Gasteiger partial charge in [0.2, 0.25) is 0 Å². The van der Waals surface area contributed by atoms with Crippen LogP contribution in [0.3, 0.4) is 0 Å². The molecule has 92 valence electrons. The van der Waals surface area contributed by atoms with Crippen molar-refractivity contribution in [1.82, 2.24) is 0 Å². The standard InChI is InChI=1S/C14H12O4/c1-8(15)11-13(16)12(9(2)18-14(11)17)10-6-4-3-5-7-10/h3-7,16H,1-2H3. The zero-order valence-corrected chi connectivity index (χ0v) is 10.1. The van der Waals surface area contributed by atoms with Crippen molar-refractivity contribution >= 4 is 5.78 Å². The van der Waals surface area contributed by atoms with E-state index in [1.807, 2.05) is 6.07 Å². The number of benzene rings is 1. The second-order valence-corrected chi connectivity index (χ2v) is 3.97. The number of hydrogen-bond donors (Lipinski definition) is 1. The quantitative estimate of drug-likeness (QED) is 0.824. The van der Waals surface area contributed by atoms with E-state index < -0.39 is 11.4 Å². The minimum atomic E-state index is -0.808. The van der Waals surface area contributed by atoms with Crippen LogP contribution in [0.25, 0.3) is 11.1 Å². The molecule has 1 aromatic carbocycles. The maximum Gasteiger partial charge on any atom is 0.350 e. The van der Waals surface area contributed by atoms with Crippen LogP contribution in [-0.2, 0) is 0 Å². The molecule has 4 nitrogen and oxygen atoms in total. The van der Waals surface area contributed by atoms with E-state index in [-0.39, 0.29) is 17.1 Å². The summed E-state index contributed by atoms with van der Waals surface area (Å²) in [5, 5.41) is 10.1. The van der Waals surface area contributed by atoms with Crippen LogP contribution in [-0.4, -0.2) is 10.9 Å². The topological polar surface area (TPSA) is 67.5 Å². The van der Waals surface area contributed by atoms with Gasteiger partial charge < -0.3 is 9.52 Å². The molecule has 0 spiro atoms. The first-order valence-electron chi connectivity index (χ1n) is 5.45. The summed E-state index contributed by atoms with van der Waals surface area (Å²) in [5.74, 6) is -0.547. The predicted molar refractivity (Wildman–Crippen MR) is 66.8 cm³/mol. The van der Waals surface area contributed by atoms with E-state index in [1.54, 1.807) is 31.2 Å². The van der Waals surface area contributed by atoms with Crippen molar-refractivity contribution in [2.75, 3.05) is 0 Å². The van der Waals surface area contributed by atoms with Crippen molar-refractivity contribution in [3.63, 3.8) is 0 Å². The lowest BCUT2D eigenvalue weighted by Crippen LogP contribution is -2.13. The molecule has 0 aliphatic heterocycles. The summed E-state index contributed by atoms with van der Waals surface area (Å²) in [6, 6.07) is 8.97. The van der Waals surface area contributed by atoms with Crippen LogP contribution >= 0.6 is 0 Å². The number of carbonyl (C=O) groups is 1. The SMILES string of the molecule is CC(=O)c1c(O)c(-c2ccccc2)c(C)oc1=O. The highest BCUT2D eigenvalue weighted by Gasteiger charge is 2.21. The fraction of sp³-hybridized carbons (Fsp3) is 0.143. The third-order valence-electron chi connectivity index (χ3n) is 2.69. The van der Waals surface area contributed by atoms with Crippen LogP contribution in [0.5, 0.6) is 5.75 Å². The van der Waals surface area contributed by atoms with E-state index in [1.165, 1.54) is 6.92 Å². The highest BCUT2D eigenvalue weighted by atomic mass is 16.4. The van der Waals surface area contributed by atoms with Crippen LogP contribution in [0.4, 0.5) is 0 Å². The molecule has 0 atom stereocenters. The predicted octanol–water partition coefficient (Wildman–Crippen LogP) is 2.52. The number of ketones is 1. The lowest BCUT2D eigenvalue weighted by Gasteiger charge is -2.09. The van der Waals surface area contributed by atoms with Crippen molar-refractivity contribution < 1.29 is 14.3 Å². The molecular weight excluding hydrogens is 232 g/mol. The molecule has 0 fully saturated rings. The number of rotatable bonds is 2. The Balaban J connectivity index is 2.81. The first kappa shape index (κ1) is 12.1. The molecule has 0 amide bonds. The van der Waals surface area contributed by atoms with E-state index in [9.17, 15) is 14.7 Å². The van der Waals surface area contributed by atoms with Crippen molar-refractivity contribution in [2.45, 2.75) is 13.8 Å². The summed E-state index contributed by atoms with van der Waals surface area (Å²) in [7, 11) is 0. The van der Waals surface area contributed by atoms with Gasteiger partial charge in [-0.3, -0.25) is 4.79 Å². The Morgan fingerprint density at radius 1 is 1.22 bits per heavy atom. The summed E-state index contributed by atoms with van der Waals surface area (Å²) in [6.45, 7) is 2.80. The fourth-order valence-corrected chi connectivity index (χ4v) is 1.88. The third kappa shape index (κ3) is 1.93. The van der Waals surface area contributed by atoms with Gasteiger partial charge >= 0.3 is 5.63 Å². The fourth-order valence-electron chi connectivity index (χ4n) is 1.88. The maximum atomic E-state index is 11.5. The zero-order chi connectivity index (χ0) is 13.3. The Morgan fingerprint density at radius 3 is 2.39 bits per heavy atom. The van der Waals surface area contributed by atoms with Gasteiger partial charge in [-0.15, -0.1) is 0 Å². The average molecular weight is 244 g/mol. The Kier molecular flexibility index (Phi) is 3.02. The van der Waals surface area contributed by atoms with E-state index in [0.29, 0.717) is 11.1 Å². The largest absolute Gasteiger partial charge is 0.506 e. The third-order valence-corrected chi connectivity index (χ3v) is 2.69. The van der Waals surface area contributed by atoms with Crippen LogP contribution in [0.15, 0.2) is 39.5 Å². The molecule has 18 heavy (non-hydrogen) atoms. The molecular formula is C14H12O4. The van der Waals surface area contributed by atoms with Gasteiger partial charge in [-0.2, -0.15) is 0 Å². The summed E-state index contributed by atoms with van der Waals surface area (Å²) in [6.07, 6.45) is 0. The highest BCUT2D eigenvalue weighted by molar-refractivity contribution is 5.98. The van der Waals surface area contributed by atoms with Crippen molar-refractivity contribution in [3.05, 3.63) is 52.1 Å². The Labute approximate surface area is 104 Å². The van der Waals surface area contributed by atoms with Gasteiger partial charge in [-0.05, 0) is 19.4 Å². The van der Waals surface area contributed by atoms with Gasteiger partial charge in [0, 0.05) is 0 Å². The van der Waals surface area contributed by atoms with E-state index in [2.05, 4.69) is 0 Å². The molecule has 1 heterocycles. The molecule has 4 heteroatoms. The summed E-state index contributed by atoms with van der Waals surface area (Å²) >= 11 is 0. The number of hydrogen-bond acceptors (Lipinski definition) is 4. The number of aromatic hydroxyl groups is 1. The lowest BCUT2D eigenvalue weighted by molar-refractivity contribution is 0.101. The van der Waals surface area contributed by atoms with Crippen molar-refractivity contribution in [3.8, 4) is 16.9 Å². The van der Waals surface area contributed by atoms with E-state index >= 15 is 0 Å². The van der Waals surface area contributed by atoms with E-state index in [0.717, 1.165) is 0 Å². The van der Waals surface area contributed by atoms with Crippen LogP contribution < -0.4 is 5.63 Å². The van der Waals surface area contributed by atoms with E-state index in [4.69, 9.17) is 4.42 Å². The molecule has 2 aromatic rings. The number of carbonyl (C=O) groups excluding carboxylic acids is 1. The summed E-state index contributed by atoms with van der Waals surface area (Å²) < 4.78 is 5.00. The van der Waals surface area contributed by atoms with Crippen molar-refractivity contribution in [2.24, 2.45) is 0 Å². The second-order valence-electron chi connectivity index (χ2n) is 3.97. The number of Topliss-reactive ketones (excluding diaryl/α,β-unsaturated/α-hetero) is 1. The normalized spacial score (nSPS) is 10.3. The average Bonchev–Trinajstić information content (AvgIpc) is 2.28. The monoisotopic (exact) mass is 244 g/mol. The lowest BCUT2D eigenvalue weighted by atomic mass is 10.0. The molecule has 0 saturated heterocycles. The molecule has 0 unspecified atom stereocenters. The molecule has 0 bridgehead atoms. The first-order valence-corrected chi connectivity index (χ1v) is 5.45. The minimum Gasteiger partial charge on any atom is -0.506 e. The maximum absolute atomic E-state index is 11.5. The molecule has 1 aromatic heterocycles. The Hall–Kier alpha value is -2.36. The zero-order valence-electron chi connectivity index (χ0n) is 10.1. The van der Waals surface area contributed by atoms with Gasteiger partial charge in [-0.25, -0.2) is 4.79 Å². The molecule has 2 rings (SSSR count). The van der Waals surface area contributed by atoms with Gasteiger partial charge in [0.1, 0.15) is 17.1 Å². The van der Waals surface area contributed by atoms with Gasteiger partial charge in [-0.1, -0.05) is 30.3 Å². The first-order chi connectivity index (χ1) is 8.52. The van der Waals surface area contributed by atoms with Gasteiger partial charge in [0.25, 0.3) is 0 Å². The van der Waals surface area contributed by atoms with Crippen molar-refractivity contribution in [1.29, 1.82) is 0 Å². The van der Waals surface area contributed by atoms with Crippen LogP contribution in [0.2, 0.25) is 0 Å². The molecule has 1 N–H and O–H groups in total.